The van der Waals surface area contributed by atoms with E-state index in [0.29, 0.717) is 16.7 Å². The van der Waals surface area contributed by atoms with E-state index >= 15 is 0 Å². The van der Waals surface area contributed by atoms with Crippen LogP contribution < -0.4 is 25.3 Å². The number of aromatic carboxylic acids is 1. The molecule has 0 saturated heterocycles. The van der Waals surface area contributed by atoms with Crippen LogP contribution in [-0.4, -0.2) is 67.0 Å². The van der Waals surface area contributed by atoms with Gasteiger partial charge in [0, 0.05) is 30.2 Å². The van der Waals surface area contributed by atoms with Gasteiger partial charge in [0.25, 0.3) is 0 Å². The van der Waals surface area contributed by atoms with Crippen LogP contribution in [0.4, 0.5) is 11.4 Å². The van der Waals surface area contributed by atoms with E-state index in [9.17, 15) is 30.6 Å². The number of nitrogens with two attached hydrogens (primary N) is 1. The smallest absolute Gasteiger partial charge is 0.351 e. The maximum atomic E-state index is 11.5. The van der Waals surface area contributed by atoms with E-state index in [2.05, 4.69) is 19.1 Å². The number of para-hydroxylation sites is 1. The topological polar surface area (TPSA) is 240 Å². The number of rotatable bonds is 8. The minimum absolute atomic E-state index is 0.103. The number of benzene rings is 2. The summed E-state index contributed by atoms with van der Waals surface area (Å²) < 4.78 is 50.7. The molecule has 0 saturated carbocycles. The summed E-state index contributed by atoms with van der Waals surface area (Å²) in [5.74, 6) is -1.65. The molecular weight excluding hydrogens is 683 g/mol. The summed E-state index contributed by atoms with van der Waals surface area (Å²) >= 11 is -3.89. The minimum atomic E-state index is -4.92. The van der Waals surface area contributed by atoms with Gasteiger partial charge in [-0.2, -0.15) is 0 Å². The van der Waals surface area contributed by atoms with Crippen LogP contribution in [0.25, 0.3) is 11.0 Å². The van der Waals surface area contributed by atoms with Gasteiger partial charge < -0.3 is 14.4 Å². The molecule has 44 heavy (non-hydrogen) atoms. The molecule has 2 aromatic heterocycles. The van der Waals surface area contributed by atoms with Gasteiger partial charge >= 0.3 is 100.0 Å². The summed E-state index contributed by atoms with van der Waals surface area (Å²) in [5, 5.41) is 25.0. The van der Waals surface area contributed by atoms with Crippen LogP contribution in [0.5, 0.6) is 0 Å². The van der Waals surface area contributed by atoms with E-state index in [1.807, 2.05) is 19.9 Å². The van der Waals surface area contributed by atoms with Crippen molar-refractivity contribution >= 4 is 74.1 Å². The van der Waals surface area contributed by atoms with Crippen molar-refractivity contribution in [3.63, 3.8) is 0 Å². The Balaban J connectivity index is 0.000000242. The molecule has 1 atom stereocenters. The number of nitrogens with one attached hydrogen (secondary N) is 1. The van der Waals surface area contributed by atoms with E-state index in [4.69, 9.17) is 19.9 Å². The first-order valence-corrected chi connectivity index (χ1v) is 18.3. The molecule has 0 aliphatic heterocycles. The van der Waals surface area contributed by atoms with Crippen molar-refractivity contribution in [2.75, 3.05) is 23.3 Å². The van der Waals surface area contributed by atoms with Gasteiger partial charge in [-0.3, -0.25) is 0 Å². The van der Waals surface area contributed by atoms with Crippen molar-refractivity contribution < 1.29 is 44.5 Å². The second-order valence-corrected chi connectivity index (χ2v) is 14.9. The Morgan fingerprint density at radius 2 is 1.80 bits per heavy atom. The molecule has 0 spiro atoms. The number of sulfonamides is 1. The number of hydrogen-bond donors (Lipinski definition) is 5. The van der Waals surface area contributed by atoms with Crippen LogP contribution in [0.15, 0.2) is 67.5 Å². The Labute approximate surface area is 258 Å². The van der Waals surface area contributed by atoms with Crippen molar-refractivity contribution in [1.29, 1.82) is 0 Å². The zero-order valence-electron chi connectivity index (χ0n) is 24.0. The van der Waals surface area contributed by atoms with Gasteiger partial charge in [-0.25, -0.2) is 28.1 Å². The molecule has 18 heteroatoms. The molecular formula is C26H31AsN4O11S2. The second kappa shape index (κ2) is 15.8. The first kappa shape index (κ1) is 36.4. The molecule has 0 aliphatic rings. The first-order chi connectivity index (χ1) is 20.5. The first-order valence-electron chi connectivity index (χ1n) is 12.6. The fourth-order valence-electron chi connectivity index (χ4n) is 3.66. The van der Waals surface area contributed by atoms with E-state index in [0.717, 1.165) is 30.1 Å². The van der Waals surface area contributed by atoms with E-state index < -0.39 is 35.8 Å². The number of aryl methyl sites for hydroxylation is 1. The molecule has 1 amide bonds. The van der Waals surface area contributed by atoms with E-state index in [1.165, 1.54) is 36.7 Å². The zero-order valence-corrected chi connectivity index (χ0v) is 27.5. The molecule has 4 aromatic rings. The Kier molecular flexibility index (Phi) is 13.0. The number of carboxylic acid groups (broad SMARTS) is 1. The molecule has 2 heterocycles. The Morgan fingerprint density at radius 1 is 1.16 bits per heavy atom. The van der Waals surface area contributed by atoms with Crippen LogP contribution >= 0.6 is 11.3 Å². The third kappa shape index (κ3) is 9.85. The van der Waals surface area contributed by atoms with Crippen LogP contribution in [0.3, 0.4) is 0 Å². The SMILES string of the molecule is CC(=O)Nc1ccccc1[As](=O)(O)OO.CCN(CC)c1ccc2cc(C(=O)O)c(=O)oc2c1.Cc1ncsc1S(N)(=O)=O. The van der Waals surface area contributed by atoms with E-state index in [-0.39, 0.29) is 25.7 Å². The summed E-state index contributed by atoms with van der Waals surface area (Å²) in [6, 6.07) is 12.6. The number of carbonyl (C=O) groups excluding carboxylic acids is 1. The molecule has 15 nitrogen and oxygen atoms in total. The average molecular weight is 715 g/mol. The summed E-state index contributed by atoms with van der Waals surface area (Å²) in [5.41, 5.74) is 2.26. The number of nitrogens with zero attached hydrogens (tertiary/aromatic N) is 2. The standard InChI is InChI=1S/C14H15NO4.C8H10AsNO5.C4H6N2O2S2/c1-3-15(4-2)10-6-5-9-7-11(13(16)17)14(18)19-12(9)8-10;1-6(11)10-8-5-3-2-4-7(8)9(12,13)15-14;1-3-4(9-2-6-3)10(5,7)8/h5-8H,3-4H2,1-2H3,(H,16,17);2-5,14H,1H3,(H,10,11)(H,12,13);2H,1H3,(H2,5,7,8). The summed E-state index contributed by atoms with van der Waals surface area (Å²) in [4.78, 5) is 39.1. The number of amides is 1. The number of thiazole rings is 1. The van der Waals surface area contributed by atoms with Crippen LogP contribution in [0.1, 0.15) is 36.8 Å². The van der Waals surface area contributed by atoms with Crippen molar-refractivity contribution in [2.24, 2.45) is 5.14 Å². The predicted molar refractivity (Wildman–Crippen MR) is 164 cm³/mol. The van der Waals surface area contributed by atoms with Gasteiger partial charge in [0.2, 0.25) is 10.0 Å². The largest absolute Gasteiger partial charge is 0.477 e. The number of hydrogen-bond acceptors (Lipinski definition) is 12. The van der Waals surface area contributed by atoms with Crippen LogP contribution in [0, 0.1) is 6.92 Å². The monoisotopic (exact) mass is 714 g/mol. The number of aromatic nitrogens is 1. The van der Waals surface area contributed by atoms with Gasteiger partial charge in [-0.1, -0.05) is 0 Å². The molecule has 4 rings (SSSR count). The maximum absolute atomic E-state index is 11.5. The molecule has 238 valence electrons. The van der Waals surface area contributed by atoms with Crippen molar-refractivity contribution in [1.82, 2.24) is 4.98 Å². The summed E-state index contributed by atoms with van der Waals surface area (Å²) in [7, 11) is -3.53. The molecule has 2 aromatic carbocycles. The number of carboxylic acids is 1. The number of carbonyl (C=O) groups is 2. The number of fused-ring (bicyclic) bond motifs is 1. The minimum Gasteiger partial charge on any atom is -0.477 e. The quantitative estimate of drug-likeness (QED) is 0.0762. The molecule has 1 unspecified atom stereocenters. The molecule has 0 radical (unpaired) electrons. The van der Waals surface area contributed by atoms with Gasteiger partial charge in [0.1, 0.15) is 11.1 Å². The molecule has 0 aliphatic carbocycles. The molecule has 0 bridgehead atoms. The third-order valence-corrected chi connectivity index (χ3v) is 10.7. The predicted octanol–water partition coefficient (Wildman–Crippen LogP) is 2.14. The average Bonchev–Trinajstić information content (AvgIpc) is 3.40. The molecule has 0 fully saturated rings. The van der Waals surface area contributed by atoms with Crippen molar-refractivity contribution in [2.45, 2.75) is 31.9 Å². The number of anilines is 2. The summed E-state index contributed by atoms with van der Waals surface area (Å²) in [6.45, 7) is 8.65. The Hall–Kier alpha value is -3.83. The second-order valence-electron chi connectivity index (χ2n) is 8.72. The van der Waals surface area contributed by atoms with Crippen LogP contribution in [-0.2, 0) is 22.4 Å². The Morgan fingerprint density at radius 3 is 2.27 bits per heavy atom. The molecule has 6 N–H and O–H groups in total. The van der Waals surface area contributed by atoms with Crippen molar-refractivity contribution in [3.05, 3.63) is 75.7 Å². The van der Waals surface area contributed by atoms with E-state index in [1.54, 1.807) is 25.1 Å². The fourth-order valence-corrected chi connectivity index (χ4v) is 6.99. The third-order valence-electron chi connectivity index (χ3n) is 5.67. The van der Waals surface area contributed by atoms with Gasteiger partial charge in [-0.15, -0.1) is 11.3 Å². The van der Waals surface area contributed by atoms with Crippen molar-refractivity contribution in [3.8, 4) is 0 Å². The number of primary sulfonamides is 1. The zero-order chi connectivity index (χ0) is 33.2. The summed E-state index contributed by atoms with van der Waals surface area (Å²) in [6.07, 6.45) is 0. The van der Waals surface area contributed by atoms with Gasteiger partial charge in [-0.05, 0) is 39.0 Å². The Bertz CT molecular complexity index is 1840. The normalized spacial score (nSPS) is 12.2. The van der Waals surface area contributed by atoms with Gasteiger partial charge in [0.05, 0.1) is 11.2 Å². The van der Waals surface area contributed by atoms with Crippen LogP contribution in [0.2, 0.25) is 0 Å². The fraction of sp³-hybridized carbons (Fsp3) is 0.231. The maximum Gasteiger partial charge on any atom is 0.351 e. The van der Waals surface area contributed by atoms with Gasteiger partial charge in [0.15, 0.2) is 4.21 Å².